The zero-order valence-electron chi connectivity index (χ0n) is 15.7. The first-order valence-electron chi connectivity index (χ1n) is 8.36. The van der Waals surface area contributed by atoms with Crippen LogP contribution in [0.25, 0.3) is 11.3 Å². The molecule has 27 heavy (non-hydrogen) atoms. The highest BCUT2D eigenvalue weighted by molar-refractivity contribution is 5.61. The highest BCUT2D eigenvalue weighted by atomic mass is 16.5. The lowest BCUT2D eigenvalue weighted by Crippen LogP contribution is -2.13. The molecular formula is C19H21N5O3. The molecule has 0 atom stereocenters. The highest BCUT2D eigenvalue weighted by Gasteiger charge is 2.09. The van der Waals surface area contributed by atoms with Gasteiger partial charge < -0.3 is 14.8 Å². The third kappa shape index (κ3) is 4.41. The van der Waals surface area contributed by atoms with E-state index >= 15 is 0 Å². The van der Waals surface area contributed by atoms with Crippen LogP contribution in [0.15, 0.2) is 35.3 Å². The molecule has 0 aliphatic carbocycles. The van der Waals surface area contributed by atoms with Crippen LogP contribution >= 0.6 is 0 Å². The Bertz CT molecular complexity index is 994. The van der Waals surface area contributed by atoms with Gasteiger partial charge in [-0.2, -0.15) is 0 Å². The quantitative estimate of drug-likeness (QED) is 0.690. The van der Waals surface area contributed by atoms with Gasteiger partial charge in [0.1, 0.15) is 17.3 Å². The van der Waals surface area contributed by atoms with Crippen molar-refractivity contribution in [3.63, 3.8) is 0 Å². The summed E-state index contributed by atoms with van der Waals surface area (Å²) >= 11 is 0. The molecule has 3 rings (SSSR count). The summed E-state index contributed by atoms with van der Waals surface area (Å²) in [6.45, 7) is 4.11. The molecule has 0 saturated heterocycles. The van der Waals surface area contributed by atoms with Crippen LogP contribution in [0.4, 0.5) is 5.95 Å². The predicted molar refractivity (Wildman–Crippen MR) is 102 cm³/mol. The van der Waals surface area contributed by atoms with E-state index in [2.05, 4.69) is 25.3 Å². The number of benzene rings is 1. The van der Waals surface area contributed by atoms with Gasteiger partial charge in [0, 0.05) is 30.4 Å². The number of nitrogens with one attached hydrogen (secondary N) is 2. The number of aryl methyl sites for hydroxylation is 2. The van der Waals surface area contributed by atoms with Gasteiger partial charge >= 0.3 is 0 Å². The van der Waals surface area contributed by atoms with Gasteiger partial charge in [-0.1, -0.05) is 0 Å². The molecule has 1 aromatic carbocycles. The van der Waals surface area contributed by atoms with Crippen LogP contribution in [0.5, 0.6) is 11.5 Å². The minimum atomic E-state index is -0.259. The van der Waals surface area contributed by atoms with Crippen molar-refractivity contribution in [2.24, 2.45) is 0 Å². The lowest BCUT2D eigenvalue weighted by molar-refractivity contribution is 0.393. The summed E-state index contributed by atoms with van der Waals surface area (Å²) in [7, 11) is 3.20. The van der Waals surface area contributed by atoms with E-state index < -0.39 is 0 Å². The maximum atomic E-state index is 12.1. The Morgan fingerprint density at radius 2 is 1.74 bits per heavy atom. The summed E-state index contributed by atoms with van der Waals surface area (Å²) in [5, 5.41) is 3.13. The van der Waals surface area contributed by atoms with Crippen LogP contribution in [-0.4, -0.2) is 34.2 Å². The summed E-state index contributed by atoms with van der Waals surface area (Å²) in [5.41, 5.74) is 2.67. The monoisotopic (exact) mass is 367 g/mol. The maximum Gasteiger partial charge on any atom is 0.252 e. The van der Waals surface area contributed by atoms with Crippen molar-refractivity contribution in [2.45, 2.75) is 20.4 Å². The molecule has 3 aromatic rings. The fourth-order valence-electron chi connectivity index (χ4n) is 2.67. The minimum Gasteiger partial charge on any atom is -0.497 e. The van der Waals surface area contributed by atoms with Gasteiger partial charge in [-0.05, 0) is 31.5 Å². The Labute approximate surface area is 156 Å². The smallest absolute Gasteiger partial charge is 0.252 e. The number of H-pyrrole nitrogens is 1. The highest BCUT2D eigenvalue weighted by Crippen LogP contribution is 2.23. The van der Waals surface area contributed by atoms with Gasteiger partial charge in [0.15, 0.2) is 0 Å². The van der Waals surface area contributed by atoms with Crippen molar-refractivity contribution >= 4 is 5.95 Å². The second-order valence-electron chi connectivity index (χ2n) is 5.97. The Hall–Kier alpha value is -3.42. The van der Waals surface area contributed by atoms with Crippen molar-refractivity contribution in [3.05, 3.63) is 57.9 Å². The topological polar surface area (TPSA) is 102 Å². The molecule has 2 aromatic heterocycles. The molecule has 0 bridgehead atoms. The van der Waals surface area contributed by atoms with E-state index in [1.54, 1.807) is 26.5 Å². The molecule has 8 nitrogen and oxygen atoms in total. The first-order valence-corrected chi connectivity index (χ1v) is 8.36. The van der Waals surface area contributed by atoms with Crippen LogP contribution in [-0.2, 0) is 6.54 Å². The van der Waals surface area contributed by atoms with Crippen LogP contribution in [0.2, 0.25) is 0 Å². The minimum absolute atomic E-state index is 0.259. The first kappa shape index (κ1) is 18.4. The molecule has 0 saturated carbocycles. The summed E-state index contributed by atoms with van der Waals surface area (Å²) in [6.07, 6.45) is 1.68. The van der Waals surface area contributed by atoms with E-state index in [4.69, 9.17) is 9.47 Å². The zero-order valence-corrected chi connectivity index (χ0v) is 15.7. The van der Waals surface area contributed by atoms with E-state index in [0.717, 1.165) is 16.8 Å². The van der Waals surface area contributed by atoms with Gasteiger partial charge in [0.2, 0.25) is 5.95 Å². The number of hydrogen-bond acceptors (Lipinski definition) is 7. The number of methoxy groups -OCH3 is 2. The number of anilines is 1. The molecule has 0 aliphatic heterocycles. The Morgan fingerprint density at radius 1 is 1.04 bits per heavy atom. The third-order valence-electron chi connectivity index (χ3n) is 3.99. The molecule has 8 heteroatoms. The third-order valence-corrected chi connectivity index (χ3v) is 3.99. The molecule has 0 fully saturated rings. The molecule has 2 N–H and O–H groups in total. The standard InChI is InChI=1S/C19H21N5O3/c1-11-16(10-20-12(2)22-11)17-8-18(25)24-19(23-17)21-9-13-5-14(26-3)7-15(6-13)27-4/h5-8,10H,9H2,1-4H3,(H2,21,23,24,25). The SMILES string of the molecule is COc1cc(CNc2nc(-c3cnc(C)nc3C)cc(=O)[nH]2)cc(OC)c1. The molecule has 0 spiro atoms. The summed E-state index contributed by atoms with van der Waals surface area (Å²) in [5.74, 6) is 2.41. The van der Waals surface area contributed by atoms with Crippen LogP contribution in [0.3, 0.4) is 0 Å². The molecule has 0 aliphatic rings. The second kappa shape index (κ2) is 7.86. The van der Waals surface area contributed by atoms with Crippen LogP contribution < -0.4 is 20.3 Å². The maximum absolute atomic E-state index is 12.1. The van der Waals surface area contributed by atoms with Gasteiger partial charge in [-0.15, -0.1) is 0 Å². The first-order chi connectivity index (χ1) is 13.0. The van der Waals surface area contributed by atoms with Gasteiger partial charge in [-0.3, -0.25) is 9.78 Å². The second-order valence-corrected chi connectivity index (χ2v) is 5.97. The molecule has 0 unspecified atom stereocenters. The molecule has 0 amide bonds. The van der Waals surface area contributed by atoms with E-state index in [-0.39, 0.29) is 5.56 Å². The van der Waals surface area contributed by atoms with Crippen molar-refractivity contribution < 1.29 is 9.47 Å². The number of ether oxygens (including phenoxy) is 2. The average molecular weight is 367 g/mol. The Kier molecular flexibility index (Phi) is 5.35. The van der Waals surface area contributed by atoms with Crippen molar-refractivity contribution in [1.82, 2.24) is 19.9 Å². The summed E-state index contributed by atoms with van der Waals surface area (Å²) in [6, 6.07) is 7.00. The van der Waals surface area contributed by atoms with Crippen molar-refractivity contribution in [1.29, 1.82) is 0 Å². The van der Waals surface area contributed by atoms with E-state index in [1.165, 1.54) is 6.07 Å². The molecular weight excluding hydrogens is 346 g/mol. The van der Waals surface area contributed by atoms with E-state index in [9.17, 15) is 4.79 Å². The fraction of sp³-hybridized carbons (Fsp3) is 0.263. The Balaban J connectivity index is 1.86. The average Bonchev–Trinajstić information content (AvgIpc) is 2.65. The summed E-state index contributed by atoms with van der Waals surface area (Å²) < 4.78 is 10.5. The number of hydrogen-bond donors (Lipinski definition) is 2. The zero-order chi connectivity index (χ0) is 19.4. The predicted octanol–water partition coefficient (Wildman–Crippen LogP) is 2.47. The van der Waals surface area contributed by atoms with Crippen molar-refractivity contribution in [2.75, 3.05) is 19.5 Å². The lowest BCUT2D eigenvalue weighted by atomic mass is 10.1. The Morgan fingerprint density at radius 3 is 2.37 bits per heavy atom. The number of aromatic nitrogens is 4. The van der Waals surface area contributed by atoms with Crippen LogP contribution in [0, 0.1) is 13.8 Å². The normalized spacial score (nSPS) is 10.5. The number of nitrogens with zero attached hydrogens (tertiary/aromatic N) is 3. The molecule has 2 heterocycles. The van der Waals surface area contributed by atoms with Crippen molar-refractivity contribution in [3.8, 4) is 22.8 Å². The fourth-order valence-corrected chi connectivity index (χ4v) is 2.67. The van der Waals surface area contributed by atoms with E-state index in [0.29, 0.717) is 35.5 Å². The van der Waals surface area contributed by atoms with Gasteiger partial charge in [0.05, 0.1) is 25.6 Å². The van der Waals surface area contributed by atoms with Gasteiger partial charge in [-0.25, -0.2) is 15.0 Å². The lowest BCUT2D eigenvalue weighted by Gasteiger charge is -2.11. The number of aromatic amines is 1. The largest absolute Gasteiger partial charge is 0.497 e. The van der Waals surface area contributed by atoms with E-state index in [1.807, 2.05) is 26.0 Å². The molecule has 0 radical (unpaired) electrons. The van der Waals surface area contributed by atoms with Crippen LogP contribution in [0.1, 0.15) is 17.1 Å². The summed E-state index contributed by atoms with van der Waals surface area (Å²) in [4.78, 5) is 27.8. The number of rotatable bonds is 6. The van der Waals surface area contributed by atoms with Gasteiger partial charge in [0.25, 0.3) is 5.56 Å². The molecule has 140 valence electrons.